The molecule has 0 bridgehead atoms. The molecule has 0 atom stereocenters. The van der Waals surface area contributed by atoms with Gasteiger partial charge in [-0.05, 0) is 0 Å². The third kappa shape index (κ3) is 3.06. The van der Waals surface area contributed by atoms with Gasteiger partial charge in [0.15, 0.2) is 0 Å². The van der Waals surface area contributed by atoms with Gasteiger partial charge in [0.1, 0.15) is 0 Å². The molecule has 0 rings (SSSR count). The van der Waals surface area contributed by atoms with Crippen LogP contribution in [-0.2, 0) is 19.8 Å². The van der Waals surface area contributed by atoms with Crippen LogP contribution in [0.3, 0.4) is 0 Å². The SMILES string of the molecule is O=[C]([Mo])N(S)S. The van der Waals surface area contributed by atoms with Crippen LogP contribution in [0.25, 0.3) is 0 Å². The van der Waals surface area contributed by atoms with Crippen molar-refractivity contribution in [3.05, 3.63) is 0 Å². The normalized spacial score (nSPS) is 7.67. The van der Waals surface area contributed by atoms with Crippen LogP contribution in [0.5, 0.6) is 0 Å². The quantitative estimate of drug-likeness (QED) is 0.438. The summed E-state index contributed by atoms with van der Waals surface area (Å²) in [5.74, 6) is 0. The molecule has 0 unspecified atom stereocenters. The predicted octanol–water partition coefficient (Wildman–Crippen LogP) is 0.645. The average molecular weight is 204 g/mol. The Hall–Kier alpha value is 0.858. The van der Waals surface area contributed by atoms with Crippen LogP contribution in [0, 0.1) is 0 Å². The van der Waals surface area contributed by atoms with Gasteiger partial charge in [0.25, 0.3) is 0 Å². The second-order valence-corrected chi connectivity index (χ2v) is 2.53. The summed E-state index contributed by atoms with van der Waals surface area (Å²) in [6, 6.07) is 0. The number of nitrogens with zero attached hydrogens (tertiary/aromatic N) is 1. The third-order valence-corrected chi connectivity index (χ3v) is 1.69. The molecule has 35 valence electrons. The van der Waals surface area contributed by atoms with Crippen LogP contribution in [0.1, 0.15) is 0 Å². The van der Waals surface area contributed by atoms with E-state index in [9.17, 15) is 4.79 Å². The minimum atomic E-state index is -0.169. The Bertz CT molecular complexity index is 64.6. The van der Waals surface area contributed by atoms with E-state index in [4.69, 9.17) is 0 Å². The fourth-order valence-corrected chi connectivity index (χ4v) is 0. The molecule has 1 amide bonds. The van der Waals surface area contributed by atoms with E-state index in [1.807, 2.05) is 0 Å². The summed E-state index contributed by atoms with van der Waals surface area (Å²) in [7, 11) is 0. The first-order valence-corrected chi connectivity index (χ1v) is 2.84. The van der Waals surface area contributed by atoms with E-state index in [1.54, 1.807) is 0 Å². The van der Waals surface area contributed by atoms with Gasteiger partial charge in [0.2, 0.25) is 0 Å². The first kappa shape index (κ1) is 6.86. The van der Waals surface area contributed by atoms with Crippen LogP contribution >= 0.6 is 25.6 Å². The van der Waals surface area contributed by atoms with Gasteiger partial charge in [0, 0.05) is 0 Å². The maximum absolute atomic E-state index is 9.92. The summed E-state index contributed by atoms with van der Waals surface area (Å²) < 4.78 is 0.752. The van der Waals surface area contributed by atoms with Crippen molar-refractivity contribution in [3.63, 3.8) is 0 Å². The molecule has 0 aromatic heterocycles. The van der Waals surface area contributed by atoms with Crippen molar-refractivity contribution in [1.82, 2.24) is 3.71 Å². The number of carbonyl (C=O) groups is 1. The number of hydrogen-bond acceptors (Lipinski definition) is 3. The standard InChI is InChI=1S/CH2NOS2.Mo/c3-1-2(4)5;/h4-5H;. The van der Waals surface area contributed by atoms with Gasteiger partial charge in [-0.2, -0.15) is 0 Å². The van der Waals surface area contributed by atoms with Crippen LogP contribution in [0.15, 0.2) is 0 Å². The molecule has 0 saturated heterocycles. The summed E-state index contributed by atoms with van der Waals surface area (Å²) in [4.78, 5) is 9.92. The van der Waals surface area contributed by atoms with E-state index >= 15 is 0 Å². The Morgan fingerprint density at radius 1 is 1.67 bits per heavy atom. The van der Waals surface area contributed by atoms with Gasteiger partial charge in [-0.3, -0.25) is 0 Å². The van der Waals surface area contributed by atoms with Gasteiger partial charge in [-0.1, -0.05) is 0 Å². The van der Waals surface area contributed by atoms with E-state index < -0.39 is 0 Å². The van der Waals surface area contributed by atoms with Crippen molar-refractivity contribution < 1.29 is 24.6 Å². The van der Waals surface area contributed by atoms with Gasteiger partial charge in [0.05, 0.1) is 0 Å². The molecule has 0 aliphatic carbocycles. The predicted molar refractivity (Wildman–Crippen MR) is 25.2 cm³/mol. The summed E-state index contributed by atoms with van der Waals surface area (Å²) >= 11 is 8.40. The molecule has 2 nitrogen and oxygen atoms in total. The van der Waals surface area contributed by atoms with Crippen molar-refractivity contribution in [3.8, 4) is 0 Å². The monoisotopic (exact) mass is 206 g/mol. The maximum atomic E-state index is 9.92. The summed E-state index contributed by atoms with van der Waals surface area (Å²) in [6.07, 6.45) is 0. The summed E-state index contributed by atoms with van der Waals surface area (Å²) in [5.41, 5.74) is 0. The zero-order valence-corrected chi connectivity index (χ0v) is 6.45. The fourth-order valence-electron chi connectivity index (χ4n) is 0. The van der Waals surface area contributed by atoms with E-state index in [0.29, 0.717) is 0 Å². The molecule has 6 heavy (non-hydrogen) atoms. The molecule has 0 N–H and O–H groups in total. The van der Waals surface area contributed by atoms with Gasteiger partial charge in [-0.15, -0.1) is 0 Å². The van der Waals surface area contributed by atoms with Crippen LogP contribution in [0.2, 0.25) is 0 Å². The van der Waals surface area contributed by atoms with Gasteiger partial charge in [-0.25, -0.2) is 0 Å². The molecule has 0 radical (unpaired) electrons. The Morgan fingerprint density at radius 2 is 1.83 bits per heavy atom. The molecule has 0 heterocycles. The second kappa shape index (κ2) is 2.94. The van der Waals surface area contributed by atoms with Crippen molar-refractivity contribution in [2.75, 3.05) is 0 Å². The number of carbonyl (C=O) groups excluding carboxylic acids is 1. The zero-order valence-electron chi connectivity index (χ0n) is 2.66. The number of amides is 1. The van der Waals surface area contributed by atoms with Crippen LogP contribution in [0.4, 0.5) is 4.79 Å². The molecule has 0 fully saturated rings. The molecule has 0 aliphatic heterocycles. The molecule has 0 spiro atoms. The zero-order chi connectivity index (χ0) is 5.15. The molecular formula is CH2MoNOS2. The van der Waals surface area contributed by atoms with Crippen LogP contribution in [-0.4, -0.2) is 8.01 Å². The Kier molecular flexibility index (Phi) is 3.36. The first-order chi connectivity index (χ1) is 2.64. The van der Waals surface area contributed by atoms with Crippen molar-refractivity contribution in [2.45, 2.75) is 0 Å². The first-order valence-electron chi connectivity index (χ1n) is 1.03. The Balaban J connectivity index is 3.26. The Labute approximate surface area is 58.3 Å². The summed E-state index contributed by atoms with van der Waals surface area (Å²) in [5, 5.41) is 0. The number of rotatable bonds is 0. The number of hydrogen-bond donors (Lipinski definition) is 2. The van der Waals surface area contributed by atoms with Crippen molar-refractivity contribution in [1.29, 1.82) is 0 Å². The molecule has 0 aromatic carbocycles. The molecular weight excluding hydrogens is 202 g/mol. The van der Waals surface area contributed by atoms with Crippen molar-refractivity contribution in [2.24, 2.45) is 0 Å². The number of thiol groups is 2. The van der Waals surface area contributed by atoms with E-state index in [-0.39, 0.29) is 4.30 Å². The Morgan fingerprint density at radius 3 is 1.83 bits per heavy atom. The van der Waals surface area contributed by atoms with Crippen LogP contribution < -0.4 is 0 Å². The molecule has 5 heteroatoms. The van der Waals surface area contributed by atoms with Gasteiger partial charge >= 0.3 is 58.2 Å². The van der Waals surface area contributed by atoms with E-state index in [2.05, 4.69) is 25.6 Å². The summed E-state index contributed by atoms with van der Waals surface area (Å²) in [6.45, 7) is 0. The molecule has 0 aliphatic rings. The van der Waals surface area contributed by atoms with Crippen molar-refractivity contribution >= 4 is 29.9 Å². The molecule has 0 aromatic rings. The minimum absolute atomic E-state index is 0.169. The van der Waals surface area contributed by atoms with Gasteiger partial charge < -0.3 is 0 Å². The third-order valence-electron chi connectivity index (χ3n) is 0.163. The van der Waals surface area contributed by atoms with E-state index in [0.717, 1.165) is 3.71 Å². The molecule has 0 saturated carbocycles. The average Bonchev–Trinajstić information content (AvgIpc) is 1.36. The van der Waals surface area contributed by atoms with E-state index in [1.165, 1.54) is 19.8 Å². The topological polar surface area (TPSA) is 20.3 Å². The second-order valence-electron chi connectivity index (χ2n) is 0.555. The fraction of sp³-hybridized carbons (Fsp3) is 0.